The second-order valence-electron chi connectivity index (χ2n) is 9.57. The van der Waals surface area contributed by atoms with E-state index in [1.807, 2.05) is 75.4 Å². The standard InChI is InChI=1S/C29H34BrN3O4S/c1-21(2)31-29(35)27(17-23-12-6-5-7-13-23)32(19-24-14-9-8-11-22(24)3)28(34)20-33(38(4,36)37)26-16-10-15-25(30)18-26/h5-16,18,21,27H,17,19-20H2,1-4H3,(H,31,35)/t27-/m0/s1. The van der Waals surface area contributed by atoms with Crippen molar-refractivity contribution >= 4 is 43.5 Å². The molecule has 38 heavy (non-hydrogen) atoms. The maximum Gasteiger partial charge on any atom is 0.244 e. The minimum atomic E-state index is -3.80. The molecule has 0 spiro atoms. The van der Waals surface area contributed by atoms with Crippen LogP contribution in [0.5, 0.6) is 0 Å². The Morgan fingerprint density at radius 3 is 2.21 bits per heavy atom. The van der Waals surface area contributed by atoms with Crippen molar-refractivity contribution in [1.29, 1.82) is 0 Å². The minimum absolute atomic E-state index is 0.134. The van der Waals surface area contributed by atoms with Crippen LogP contribution in [0.4, 0.5) is 5.69 Å². The molecule has 0 radical (unpaired) electrons. The summed E-state index contributed by atoms with van der Waals surface area (Å²) in [5.74, 6) is -0.766. The first kappa shape index (κ1) is 29.4. The number of rotatable bonds is 11. The number of carbonyl (C=O) groups is 2. The van der Waals surface area contributed by atoms with Crippen LogP contribution in [-0.2, 0) is 32.6 Å². The molecular weight excluding hydrogens is 566 g/mol. The SMILES string of the molecule is Cc1ccccc1CN(C(=O)CN(c1cccc(Br)c1)S(C)(=O)=O)[C@@H](Cc1ccccc1)C(=O)NC(C)C. The number of anilines is 1. The van der Waals surface area contributed by atoms with Crippen LogP contribution in [0.3, 0.4) is 0 Å². The number of carbonyl (C=O) groups excluding carboxylic acids is 2. The van der Waals surface area contributed by atoms with Crippen LogP contribution in [-0.4, -0.2) is 50.0 Å². The lowest BCUT2D eigenvalue weighted by Crippen LogP contribution is -2.54. The minimum Gasteiger partial charge on any atom is -0.352 e. The van der Waals surface area contributed by atoms with E-state index in [-0.39, 0.29) is 24.9 Å². The van der Waals surface area contributed by atoms with Crippen LogP contribution >= 0.6 is 15.9 Å². The van der Waals surface area contributed by atoms with E-state index in [1.165, 1.54) is 4.90 Å². The highest BCUT2D eigenvalue weighted by molar-refractivity contribution is 9.10. The second kappa shape index (κ2) is 13.1. The third kappa shape index (κ3) is 8.16. The fourth-order valence-corrected chi connectivity index (χ4v) is 5.38. The topological polar surface area (TPSA) is 86.8 Å². The smallest absolute Gasteiger partial charge is 0.244 e. The summed E-state index contributed by atoms with van der Waals surface area (Å²) >= 11 is 3.38. The van der Waals surface area contributed by atoms with Crippen LogP contribution in [0.2, 0.25) is 0 Å². The van der Waals surface area contributed by atoms with E-state index in [4.69, 9.17) is 0 Å². The van der Waals surface area contributed by atoms with Gasteiger partial charge in [0.15, 0.2) is 0 Å². The lowest BCUT2D eigenvalue weighted by atomic mass is 10.0. The van der Waals surface area contributed by atoms with Crippen LogP contribution < -0.4 is 9.62 Å². The molecule has 0 aliphatic rings. The first-order valence-electron chi connectivity index (χ1n) is 12.4. The molecule has 0 aromatic heterocycles. The van der Waals surface area contributed by atoms with Gasteiger partial charge in [-0.05, 0) is 55.7 Å². The van der Waals surface area contributed by atoms with Crippen LogP contribution in [0, 0.1) is 6.92 Å². The molecule has 0 aliphatic heterocycles. The van der Waals surface area contributed by atoms with Gasteiger partial charge in [-0.15, -0.1) is 0 Å². The Morgan fingerprint density at radius 1 is 0.947 bits per heavy atom. The van der Waals surface area contributed by atoms with Gasteiger partial charge in [-0.3, -0.25) is 13.9 Å². The molecule has 0 unspecified atom stereocenters. The molecular formula is C29H34BrN3O4S. The normalized spacial score (nSPS) is 12.2. The van der Waals surface area contributed by atoms with Crippen molar-refractivity contribution in [2.45, 2.75) is 45.8 Å². The summed E-state index contributed by atoms with van der Waals surface area (Å²) in [5.41, 5.74) is 3.10. The summed E-state index contributed by atoms with van der Waals surface area (Å²) in [6.07, 6.45) is 1.35. The highest BCUT2D eigenvalue weighted by Gasteiger charge is 2.33. The molecule has 3 aromatic carbocycles. The summed E-state index contributed by atoms with van der Waals surface area (Å²) in [4.78, 5) is 29.1. The first-order chi connectivity index (χ1) is 18.0. The van der Waals surface area contributed by atoms with E-state index >= 15 is 0 Å². The van der Waals surface area contributed by atoms with E-state index in [1.54, 1.807) is 24.3 Å². The van der Waals surface area contributed by atoms with Gasteiger partial charge < -0.3 is 10.2 Å². The Hall–Kier alpha value is -3.17. The average molecular weight is 601 g/mol. The number of hydrogen-bond acceptors (Lipinski definition) is 4. The summed E-state index contributed by atoms with van der Waals surface area (Å²) in [7, 11) is -3.80. The number of amides is 2. The van der Waals surface area contributed by atoms with Crippen LogP contribution in [0.15, 0.2) is 83.3 Å². The third-order valence-corrected chi connectivity index (χ3v) is 7.71. The molecule has 3 aromatic rings. The highest BCUT2D eigenvalue weighted by Crippen LogP contribution is 2.24. The molecule has 0 fully saturated rings. The van der Waals surface area contributed by atoms with E-state index in [2.05, 4.69) is 21.2 Å². The van der Waals surface area contributed by atoms with Crippen molar-refractivity contribution < 1.29 is 18.0 Å². The van der Waals surface area contributed by atoms with Crippen molar-refractivity contribution in [2.24, 2.45) is 0 Å². The van der Waals surface area contributed by atoms with E-state index in [0.29, 0.717) is 10.2 Å². The maximum atomic E-state index is 14.0. The Balaban J connectivity index is 2.07. The van der Waals surface area contributed by atoms with Crippen molar-refractivity contribution in [3.63, 3.8) is 0 Å². The monoisotopic (exact) mass is 599 g/mol. The lowest BCUT2D eigenvalue weighted by Gasteiger charge is -2.34. The Labute approximate surface area is 234 Å². The Kier molecular flexibility index (Phi) is 10.1. The average Bonchev–Trinajstić information content (AvgIpc) is 2.85. The van der Waals surface area contributed by atoms with Gasteiger partial charge >= 0.3 is 0 Å². The predicted octanol–water partition coefficient (Wildman–Crippen LogP) is 4.69. The predicted molar refractivity (Wildman–Crippen MR) is 155 cm³/mol. The molecule has 3 rings (SSSR count). The molecule has 0 saturated heterocycles. The second-order valence-corrected chi connectivity index (χ2v) is 12.4. The third-order valence-electron chi connectivity index (χ3n) is 6.08. The van der Waals surface area contributed by atoms with Gasteiger partial charge in [0.2, 0.25) is 21.8 Å². The highest BCUT2D eigenvalue weighted by atomic mass is 79.9. The van der Waals surface area contributed by atoms with Crippen LogP contribution in [0.25, 0.3) is 0 Å². The van der Waals surface area contributed by atoms with Gasteiger partial charge in [-0.2, -0.15) is 0 Å². The first-order valence-corrected chi connectivity index (χ1v) is 15.0. The van der Waals surface area contributed by atoms with Gasteiger partial charge in [-0.25, -0.2) is 8.42 Å². The van der Waals surface area contributed by atoms with E-state index in [9.17, 15) is 18.0 Å². The van der Waals surface area contributed by atoms with Crippen molar-refractivity contribution in [2.75, 3.05) is 17.1 Å². The number of nitrogens with zero attached hydrogens (tertiary/aromatic N) is 2. The number of nitrogens with one attached hydrogen (secondary N) is 1. The zero-order valence-electron chi connectivity index (χ0n) is 22.1. The van der Waals surface area contributed by atoms with Gasteiger partial charge in [0.05, 0.1) is 11.9 Å². The lowest BCUT2D eigenvalue weighted by molar-refractivity contribution is -0.140. The van der Waals surface area contributed by atoms with Gasteiger partial charge in [-0.1, -0.05) is 76.6 Å². The molecule has 9 heteroatoms. The van der Waals surface area contributed by atoms with Crippen molar-refractivity contribution in [1.82, 2.24) is 10.2 Å². The zero-order valence-corrected chi connectivity index (χ0v) is 24.5. The molecule has 0 heterocycles. The molecule has 0 bridgehead atoms. The molecule has 0 saturated carbocycles. The molecule has 2 amide bonds. The Morgan fingerprint density at radius 2 is 1.61 bits per heavy atom. The number of halogens is 1. The number of aryl methyl sites for hydroxylation is 1. The fourth-order valence-electron chi connectivity index (χ4n) is 4.15. The van der Waals surface area contributed by atoms with Gasteiger partial charge in [0, 0.05) is 23.5 Å². The number of benzene rings is 3. The van der Waals surface area contributed by atoms with E-state index < -0.39 is 28.5 Å². The van der Waals surface area contributed by atoms with E-state index in [0.717, 1.165) is 27.3 Å². The molecule has 1 atom stereocenters. The number of hydrogen-bond donors (Lipinski definition) is 1. The summed E-state index contributed by atoms with van der Waals surface area (Å²) in [5, 5.41) is 2.95. The molecule has 1 N–H and O–H groups in total. The zero-order chi connectivity index (χ0) is 27.9. The summed E-state index contributed by atoms with van der Waals surface area (Å²) in [6, 6.07) is 22.9. The number of sulfonamides is 1. The molecule has 7 nitrogen and oxygen atoms in total. The van der Waals surface area contributed by atoms with Crippen molar-refractivity contribution in [3.8, 4) is 0 Å². The van der Waals surface area contributed by atoms with Crippen LogP contribution in [0.1, 0.15) is 30.5 Å². The molecule has 0 aliphatic carbocycles. The van der Waals surface area contributed by atoms with Crippen molar-refractivity contribution in [3.05, 3.63) is 100 Å². The van der Waals surface area contributed by atoms with Gasteiger partial charge in [0.25, 0.3) is 0 Å². The largest absolute Gasteiger partial charge is 0.352 e. The fraction of sp³-hybridized carbons (Fsp3) is 0.310. The van der Waals surface area contributed by atoms with Gasteiger partial charge in [0.1, 0.15) is 12.6 Å². The quantitative estimate of drug-likeness (QED) is 0.346. The summed E-state index contributed by atoms with van der Waals surface area (Å²) in [6.45, 7) is 5.39. The molecule has 202 valence electrons. The maximum absolute atomic E-state index is 14.0. The summed E-state index contributed by atoms with van der Waals surface area (Å²) < 4.78 is 27.4. The Bertz CT molecular complexity index is 1360.